The molecule has 1 aliphatic rings. The molecule has 0 aromatic rings. The molecule has 0 saturated heterocycles. The van der Waals surface area contributed by atoms with Crippen LogP contribution in [0.25, 0.3) is 0 Å². The lowest BCUT2D eigenvalue weighted by Crippen LogP contribution is -2.49. The first-order valence-corrected chi connectivity index (χ1v) is 3.29. The molecule has 0 unspecified atom stereocenters. The second kappa shape index (κ2) is 2.12. The fourth-order valence-corrected chi connectivity index (χ4v) is 0.949. The van der Waals surface area contributed by atoms with Crippen molar-refractivity contribution in [1.82, 2.24) is 4.90 Å². The Morgan fingerprint density at radius 1 is 1.33 bits per heavy atom. The Kier molecular flexibility index (Phi) is 1.60. The average molecular weight is 126 g/mol. The molecule has 1 heterocycles. The smallest absolute Gasteiger partial charge is 0.0634 e. The quantitative estimate of drug-likeness (QED) is 0.520. The van der Waals surface area contributed by atoms with Gasteiger partial charge in [-0.3, -0.25) is 4.90 Å². The molecule has 0 bridgehead atoms. The van der Waals surface area contributed by atoms with Crippen LogP contribution in [0.1, 0.15) is 13.8 Å². The van der Waals surface area contributed by atoms with Crippen LogP contribution in [0, 0.1) is 0 Å². The van der Waals surface area contributed by atoms with Gasteiger partial charge in [0.15, 0.2) is 0 Å². The van der Waals surface area contributed by atoms with Gasteiger partial charge < -0.3 is 5.73 Å². The third-order valence-electron chi connectivity index (χ3n) is 1.63. The van der Waals surface area contributed by atoms with E-state index in [1.807, 2.05) is 13.8 Å². The third-order valence-corrected chi connectivity index (χ3v) is 1.63. The van der Waals surface area contributed by atoms with E-state index in [2.05, 4.69) is 17.1 Å². The molecular weight excluding hydrogens is 112 g/mol. The first kappa shape index (κ1) is 6.78. The minimum atomic E-state index is -0.149. The molecular formula is C7H14N2. The molecule has 0 atom stereocenters. The molecule has 52 valence electrons. The molecule has 2 heteroatoms. The van der Waals surface area contributed by atoms with Crippen LogP contribution in [0.3, 0.4) is 0 Å². The lowest BCUT2D eigenvalue weighted by Gasteiger charge is -2.30. The molecule has 0 radical (unpaired) electrons. The first-order chi connectivity index (χ1) is 4.11. The van der Waals surface area contributed by atoms with Crippen molar-refractivity contribution in [1.29, 1.82) is 0 Å². The highest BCUT2D eigenvalue weighted by Crippen LogP contribution is 2.10. The lowest BCUT2D eigenvalue weighted by atomic mass is 10.2. The van der Waals surface area contributed by atoms with E-state index >= 15 is 0 Å². The van der Waals surface area contributed by atoms with Gasteiger partial charge in [0, 0.05) is 13.1 Å². The Balaban J connectivity index is 2.46. The van der Waals surface area contributed by atoms with Crippen LogP contribution in [-0.2, 0) is 0 Å². The van der Waals surface area contributed by atoms with Crippen molar-refractivity contribution >= 4 is 0 Å². The van der Waals surface area contributed by atoms with E-state index in [0.29, 0.717) is 0 Å². The van der Waals surface area contributed by atoms with Crippen LogP contribution in [0.5, 0.6) is 0 Å². The van der Waals surface area contributed by atoms with Crippen LogP contribution in [0.4, 0.5) is 0 Å². The number of nitrogens with zero attached hydrogens (tertiary/aromatic N) is 1. The van der Waals surface area contributed by atoms with Crippen LogP contribution in [0.2, 0.25) is 0 Å². The molecule has 0 fully saturated rings. The highest BCUT2D eigenvalue weighted by Gasteiger charge is 2.21. The molecule has 0 saturated carbocycles. The van der Waals surface area contributed by atoms with Gasteiger partial charge in [-0.25, -0.2) is 0 Å². The minimum Gasteiger partial charge on any atom is -0.314 e. The Hall–Kier alpha value is -0.340. The first-order valence-electron chi connectivity index (χ1n) is 3.29. The number of nitrogens with two attached hydrogens (primary N) is 1. The van der Waals surface area contributed by atoms with Gasteiger partial charge in [0.25, 0.3) is 0 Å². The fourth-order valence-electron chi connectivity index (χ4n) is 0.949. The summed E-state index contributed by atoms with van der Waals surface area (Å²) in [6.45, 7) is 6.06. The van der Waals surface area contributed by atoms with E-state index in [1.165, 1.54) is 0 Å². The van der Waals surface area contributed by atoms with E-state index in [4.69, 9.17) is 5.73 Å². The van der Waals surface area contributed by atoms with E-state index < -0.39 is 0 Å². The Morgan fingerprint density at radius 2 is 1.78 bits per heavy atom. The van der Waals surface area contributed by atoms with Crippen LogP contribution in [-0.4, -0.2) is 23.7 Å². The summed E-state index contributed by atoms with van der Waals surface area (Å²) in [6.07, 6.45) is 4.29. The summed E-state index contributed by atoms with van der Waals surface area (Å²) in [7, 11) is 0. The molecule has 0 aromatic carbocycles. The summed E-state index contributed by atoms with van der Waals surface area (Å²) < 4.78 is 0. The maximum atomic E-state index is 5.83. The van der Waals surface area contributed by atoms with Crippen LogP contribution in [0.15, 0.2) is 12.2 Å². The second-order valence-corrected chi connectivity index (χ2v) is 3.03. The minimum absolute atomic E-state index is 0.149. The van der Waals surface area contributed by atoms with E-state index in [0.717, 1.165) is 13.1 Å². The zero-order valence-corrected chi connectivity index (χ0v) is 6.09. The molecule has 1 aliphatic heterocycles. The molecule has 2 N–H and O–H groups in total. The van der Waals surface area contributed by atoms with Crippen molar-refractivity contribution in [2.24, 2.45) is 5.73 Å². The summed E-state index contributed by atoms with van der Waals surface area (Å²) in [5, 5.41) is 0. The zero-order chi connectivity index (χ0) is 6.91. The van der Waals surface area contributed by atoms with Crippen molar-refractivity contribution in [2.45, 2.75) is 19.5 Å². The summed E-state index contributed by atoms with van der Waals surface area (Å²) in [4.78, 5) is 2.22. The predicted octanol–water partition coefficient (Wildman–Crippen LogP) is 0.553. The standard InChI is InChI=1S/C7H14N2/c1-7(2,8)9-5-3-4-6-9/h3-4H,5-6,8H2,1-2H3. The topological polar surface area (TPSA) is 29.3 Å². The Morgan fingerprint density at radius 3 is 2.00 bits per heavy atom. The largest absolute Gasteiger partial charge is 0.314 e. The van der Waals surface area contributed by atoms with Gasteiger partial charge in [0.1, 0.15) is 0 Å². The van der Waals surface area contributed by atoms with Crippen molar-refractivity contribution in [3.8, 4) is 0 Å². The summed E-state index contributed by atoms with van der Waals surface area (Å²) in [5.41, 5.74) is 5.68. The van der Waals surface area contributed by atoms with Crippen LogP contribution < -0.4 is 5.73 Å². The molecule has 1 rings (SSSR count). The molecule has 0 amide bonds. The molecule has 9 heavy (non-hydrogen) atoms. The van der Waals surface area contributed by atoms with E-state index in [-0.39, 0.29) is 5.66 Å². The monoisotopic (exact) mass is 126 g/mol. The summed E-state index contributed by atoms with van der Waals surface area (Å²) in [6, 6.07) is 0. The summed E-state index contributed by atoms with van der Waals surface area (Å²) in [5.74, 6) is 0. The fraction of sp³-hybridized carbons (Fsp3) is 0.714. The number of hydrogen-bond donors (Lipinski definition) is 1. The van der Waals surface area contributed by atoms with Gasteiger partial charge in [-0.2, -0.15) is 0 Å². The lowest BCUT2D eigenvalue weighted by molar-refractivity contribution is 0.170. The van der Waals surface area contributed by atoms with Crippen molar-refractivity contribution in [3.63, 3.8) is 0 Å². The van der Waals surface area contributed by atoms with Gasteiger partial charge in [0.2, 0.25) is 0 Å². The molecule has 0 aliphatic carbocycles. The maximum absolute atomic E-state index is 5.83. The average Bonchev–Trinajstić information content (AvgIpc) is 2.08. The highest BCUT2D eigenvalue weighted by atomic mass is 15.3. The Labute approximate surface area is 56.3 Å². The molecule has 0 spiro atoms. The zero-order valence-electron chi connectivity index (χ0n) is 6.09. The van der Waals surface area contributed by atoms with Gasteiger partial charge >= 0.3 is 0 Å². The number of rotatable bonds is 1. The SMILES string of the molecule is CC(C)(N)N1CC=CC1. The Bertz CT molecular complexity index is 113. The van der Waals surface area contributed by atoms with Crippen molar-refractivity contribution < 1.29 is 0 Å². The van der Waals surface area contributed by atoms with Crippen molar-refractivity contribution in [3.05, 3.63) is 12.2 Å². The van der Waals surface area contributed by atoms with Gasteiger partial charge in [-0.05, 0) is 13.8 Å². The normalized spacial score (nSPS) is 21.2. The second-order valence-electron chi connectivity index (χ2n) is 3.03. The third kappa shape index (κ3) is 1.53. The van der Waals surface area contributed by atoms with E-state index in [9.17, 15) is 0 Å². The molecule has 2 nitrogen and oxygen atoms in total. The van der Waals surface area contributed by atoms with E-state index in [1.54, 1.807) is 0 Å². The highest BCUT2D eigenvalue weighted by molar-refractivity contribution is 4.98. The molecule has 0 aromatic heterocycles. The number of hydrogen-bond acceptors (Lipinski definition) is 2. The van der Waals surface area contributed by atoms with Crippen LogP contribution >= 0.6 is 0 Å². The predicted molar refractivity (Wildman–Crippen MR) is 39.0 cm³/mol. The maximum Gasteiger partial charge on any atom is 0.0634 e. The summed E-state index contributed by atoms with van der Waals surface area (Å²) >= 11 is 0. The van der Waals surface area contributed by atoms with Gasteiger partial charge in [-0.15, -0.1) is 0 Å². The van der Waals surface area contributed by atoms with Crippen molar-refractivity contribution in [2.75, 3.05) is 13.1 Å². The van der Waals surface area contributed by atoms with Gasteiger partial charge in [0.05, 0.1) is 5.66 Å². The van der Waals surface area contributed by atoms with Gasteiger partial charge in [-0.1, -0.05) is 12.2 Å².